The Hall–Kier alpha value is -0.130. The van der Waals surface area contributed by atoms with Gasteiger partial charge in [-0.3, -0.25) is 0 Å². The van der Waals surface area contributed by atoms with E-state index >= 15 is 0 Å². The molecule has 0 spiro atoms. The zero-order chi connectivity index (χ0) is 14.8. The first-order valence-corrected chi connectivity index (χ1v) is 9.58. The van der Waals surface area contributed by atoms with Crippen LogP contribution in [0.15, 0.2) is 0 Å². The summed E-state index contributed by atoms with van der Waals surface area (Å²) >= 11 is 0. The van der Waals surface area contributed by atoms with Crippen LogP contribution in [0.5, 0.6) is 0 Å². The predicted molar refractivity (Wildman–Crippen MR) is 83.1 cm³/mol. The largest absolute Gasteiger partial charge is 0.316 e. The highest BCUT2D eigenvalue weighted by molar-refractivity contribution is 7.89. The molecule has 2 heterocycles. The molecule has 2 rings (SSSR count). The van der Waals surface area contributed by atoms with Gasteiger partial charge in [0.25, 0.3) is 0 Å². The second-order valence-corrected chi connectivity index (χ2v) is 9.54. The average molecular weight is 302 g/mol. The fourth-order valence-corrected chi connectivity index (χ4v) is 5.33. The lowest BCUT2D eigenvalue weighted by Crippen LogP contribution is -2.44. The van der Waals surface area contributed by atoms with Crippen molar-refractivity contribution in [2.75, 3.05) is 31.9 Å². The van der Waals surface area contributed by atoms with Crippen LogP contribution >= 0.6 is 0 Å². The number of nitrogens with zero attached hydrogens (tertiary/aromatic N) is 1. The lowest BCUT2D eigenvalue weighted by molar-refractivity contribution is 0.153. The summed E-state index contributed by atoms with van der Waals surface area (Å²) in [4.78, 5) is 0. The quantitative estimate of drug-likeness (QED) is 0.868. The van der Waals surface area contributed by atoms with Gasteiger partial charge in [0.15, 0.2) is 0 Å². The van der Waals surface area contributed by atoms with Crippen LogP contribution in [0.4, 0.5) is 0 Å². The summed E-state index contributed by atoms with van der Waals surface area (Å²) in [5.41, 5.74) is 0.295. The van der Waals surface area contributed by atoms with Gasteiger partial charge in [0.2, 0.25) is 10.0 Å². The molecule has 2 aliphatic heterocycles. The summed E-state index contributed by atoms with van der Waals surface area (Å²) in [5.74, 6) is 1.28. The summed E-state index contributed by atoms with van der Waals surface area (Å²) < 4.78 is 26.8. The van der Waals surface area contributed by atoms with Crippen molar-refractivity contribution in [3.63, 3.8) is 0 Å². The Labute approximate surface area is 124 Å². The van der Waals surface area contributed by atoms with Gasteiger partial charge in [0, 0.05) is 13.1 Å². The summed E-state index contributed by atoms with van der Waals surface area (Å²) in [5, 5.41) is 3.30. The van der Waals surface area contributed by atoms with E-state index in [1.54, 1.807) is 4.31 Å². The Morgan fingerprint density at radius 3 is 2.30 bits per heavy atom. The Bertz CT molecular complexity index is 400. The topological polar surface area (TPSA) is 49.4 Å². The molecule has 0 saturated carbocycles. The standard InChI is InChI=1S/C15H30N2O2S/c1-15(2,3)14-6-9-17(10-7-14)20(18,19)12-13-5-4-8-16-11-13/h13-14,16H,4-12H2,1-3H3. The highest BCUT2D eigenvalue weighted by Gasteiger charge is 2.34. The van der Waals surface area contributed by atoms with Gasteiger partial charge in [-0.1, -0.05) is 20.8 Å². The monoisotopic (exact) mass is 302 g/mol. The molecule has 20 heavy (non-hydrogen) atoms. The van der Waals surface area contributed by atoms with Gasteiger partial charge in [-0.2, -0.15) is 0 Å². The molecule has 2 fully saturated rings. The van der Waals surface area contributed by atoms with Crippen molar-refractivity contribution in [1.29, 1.82) is 0 Å². The molecule has 0 bridgehead atoms. The SMILES string of the molecule is CC(C)(C)C1CCN(S(=O)(=O)CC2CCCNC2)CC1. The van der Waals surface area contributed by atoms with Crippen LogP contribution in [0.25, 0.3) is 0 Å². The van der Waals surface area contributed by atoms with E-state index in [1.165, 1.54) is 0 Å². The van der Waals surface area contributed by atoms with Crippen molar-refractivity contribution in [1.82, 2.24) is 9.62 Å². The van der Waals surface area contributed by atoms with E-state index in [9.17, 15) is 8.42 Å². The number of sulfonamides is 1. The van der Waals surface area contributed by atoms with E-state index in [4.69, 9.17) is 0 Å². The zero-order valence-corrected chi connectivity index (χ0v) is 14.0. The summed E-state index contributed by atoms with van der Waals surface area (Å²) in [6.07, 6.45) is 4.16. The van der Waals surface area contributed by atoms with Crippen molar-refractivity contribution < 1.29 is 8.42 Å². The highest BCUT2D eigenvalue weighted by Crippen LogP contribution is 2.35. The number of hydrogen-bond acceptors (Lipinski definition) is 3. The number of nitrogens with one attached hydrogen (secondary N) is 1. The van der Waals surface area contributed by atoms with Crippen molar-refractivity contribution in [3.8, 4) is 0 Å². The fraction of sp³-hybridized carbons (Fsp3) is 1.00. The molecule has 0 aromatic rings. The smallest absolute Gasteiger partial charge is 0.214 e. The van der Waals surface area contributed by atoms with E-state index in [-0.39, 0.29) is 0 Å². The molecule has 1 atom stereocenters. The third-order valence-electron chi connectivity index (χ3n) is 4.92. The number of hydrogen-bond donors (Lipinski definition) is 1. The number of rotatable bonds is 3. The molecule has 0 aromatic heterocycles. The second kappa shape index (κ2) is 6.32. The van der Waals surface area contributed by atoms with Gasteiger partial charge >= 0.3 is 0 Å². The van der Waals surface area contributed by atoms with E-state index in [0.29, 0.717) is 36.1 Å². The van der Waals surface area contributed by atoms with Crippen LogP contribution in [0.2, 0.25) is 0 Å². The van der Waals surface area contributed by atoms with Crippen LogP contribution < -0.4 is 5.32 Å². The van der Waals surface area contributed by atoms with E-state index in [1.807, 2.05) is 0 Å². The molecule has 118 valence electrons. The normalized spacial score (nSPS) is 27.6. The molecule has 0 aromatic carbocycles. The molecule has 0 aliphatic carbocycles. The van der Waals surface area contributed by atoms with Crippen molar-refractivity contribution >= 4 is 10.0 Å². The molecule has 1 unspecified atom stereocenters. The molecule has 0 radical (unpaired) electrons. The third-order valence-corrected chi connectivity index (χ3v) is 6.96. The third kappa shape index (κ3) is 4.18. The maximum absolute atomic E-state index is 12.5. The summed E-state index contributed by atoms with van der Waals surface area (Å²) in [6.45, 7) is 10.1. The summed E-state index contributed by atoms with van der Waals surface area (Å²) in [7, 11) is -3.06. The van der Waals surface area contributed by atoms with Crippen LogP contribution in [-0.4, -0.2) is 44.7 Å². The first-order valence-electron chi connectivity index (χ1n) is 7.97. The van der Waals surface area contributed by atoms with E-state index in [2.05, 4.69) is 26.1 Å². The minimum Gasteiger partial charge on any atom is -0.316 e. The van der Waals surface area contributed by atoms with Gasteiger partial charge < -0.3 is 5.32 Å². The van der Waals surface area contributed by atoms with Gasteiger partial charge in [0.05, 0.1) is 5.75 Å². The Morgan fingerprint density at radius 2 is 1.80 bits per heavy atom. The zero-order valence-electron chi connectivity index (χ0n) is 13.2. The Morgan fingerprint density at radius 1 is 1.15 bits per heavy atom. The number of piperidine rings is 2. The first kappa shape index (κ1) is 16.2. The van der Waals surface area contributed by atoms with Crippen LogP contribution in [-0.2, 0) is 10.0 Å². The molecule has 0 amide bonds. The molecule has 2 saturated heterocycles. The Balaban J connectivity index is 1.88. The van der Waals surface area contributed by atoms with Gasteiger partial charge in [0.1, 0.15) is 0 Å². The molecule has 4 nitrogen and oxygen atoms in total. The lowest BCUT2D eigenvalue weighted by Gasteiger charge is -2.38. The van der Waals surface area contributed by atoms with Crippen LogP contribution in [0.1, 0.15) is 46.5 Å². The predicted octanol–water partition coefficient (Wildman–Crippen LogP) is 2.07. The lowest BCUT2D eigenvalue weighted by atomic mass is 9.76. The fourth-order valence-electron chi connectivity index (χ4n) is 3.47. The Kier molecular flexibility index (Phi) is 5.14. The molecule has 2 aliphatic rings. The highest BCUT2D eigenvalue weighted by atomic mass is 32.2. The van der Waals surface area contributed by atoms with Crippen LogP contribution in [0.3, 0.4) is 0 Å². The van der Waals surface area contributed by atoms with Gasteiger partial charge in [-0.25, -0.2) is 12.7 Å². The van der Waals surface area contributed by atoms with Gasteiger partial charge in [-0.15, -0.1) is 0 Å². The van der Waals surface area contributed by atoms with Crippen molar-refractivity contribution in [2.24, 2.45) is 17.3 Å². The second-order valence-electron chi connectivity index (χ2n) is 7.53. The van der Waals surface area contributed by atoms with Crippen molar-refractivity contribution in [3.05, 3.63) is 0 Å². The molecular formula is C15H30N2O2S. The van der Waals surface area contributed by atoms with Crippen molar-refractivity contribution in [2.45, 2.75) is 46.5 Å². The average Bonchev–Trinajstić information content (AvgIpc) is 2.38. The van der Waals surface area contributed by atoms with E-state index < -0.39 is 10.0 Å². The first-order chi connectivity index (χ1) is 9.29. The van der Waals surface area contributed by atoms with Crippen LogP contribution in [0, 0.1) is 17.3 Å². The maximum Gasteiger partial charge on any atom is 0.214 e. The van der Waals surface area contributed by atoms with Gasteiger partial charge in [-0.05, 0) is 56.0 Å². The minimum absolute atomic E-state index is 0.295. The molecular weight excluding hydrogens is 272 g/mol. The minimum atomic E-state index is -3.06. The maximum atomic E-state index is 12.5. The molecule has 1 N–H and O–H groups in total. The van der Waals surface area contributed by atoms with E-state index in [0.717, 1.165) is 38.8 Å². The summed E-state index contributed by atoms with van der Waals surface area (Å²) in [6, 6.07) is 0. The molecule has 5 heteroatoms.